The molecule has 24 heavy (non-hydrogen) atoms. The second-order valence-electron chi connectivity index (χ2n) is 5.26. The molecule has 3 rings (SSSR count). The molecule has 2 heterocycles. The minimum atomic E-state index is -3.90. The summed E-state index contributed by atoms with van der Waals surface area (Å²) >= 11 is 3.31. The van der Waals surface area contributed by atoms with E-state index in [-0.39, 0.29) is 24.1 Å². The molecule has 0 amide bonds. The van der Waals surface area contributed by atoms with Gasteiger partial charge >= 0.3 is 0 Å². The summed E-state index contributed by atoms with van der Waals surface area (Å²) in [6.45, 7) is 0.348. The number of benzene rings is 1. The van der Waals surface area contributed by atoms with Crippen LogP contribution in [0.2, 0.25) is 0 Å². The molecule has 1 unspecified atom stereocenters. The van der Waals surface area contributed by atoms with E-state index >= 15 is 0 Å². The fourth-order valence-electron chi connectivity index (χ4n) is 2.41. The number of hydrogen-bond donors (Lipinski definition) is 0. The quantitative estimate of drug-likeness (QED) is 0.765. The summed E-state index contributed by atoms with van der Waals surface area (Å²) in [6.07, 6.45) is 1.69. The first-order valence-corrected chi connectivity index (χ1v) is 9.33. The summed E-state index contributed by atoms with van der Waals surface area (Å²) < 4.78 is 58.9. The van der Waals surface area contributed by atoms with Crippen LogP contribution in [0.15, 0.2) is 45.9 Å². The normalized spacial score (nSPS) is 18.7. The van der Waals surface area contributed by atoms with E-state index in [0.717, 1.165) is 12.1 Å². The Morgan fingerprint density at radius 2 is 2.04 bits per heavy atom. The van der Waals surface area contributed by atoms with Crippen molar-refractivity contribution in [3.63, 3.8) is 0 Å². The molecule has 9 heteroatoms. The van der Waals surface area contributed by atoms with E-state index in [1.54, 1.807) is 18.3 Å². The molecule has 0 spiro atoms. The van der Waals surface area contributed by atoms with Gasteiger partial charge in [-0.1, -0.05) is 0 Å². The lowest BCUT2D eigenvalue weighted by Crippen LogP contribution is -2.31. The van der Waals surface area contributed by atoms with E-state index < -0.39 is 21.7 Å². The van der Waals surface area contributed by atoms with Gasteiger partial charge in [-0.3, -0.25) is 0 Å². The number of pyridine rings is 1. The molecule has 1 aromatic heterocycles. The molecule has 1 aliphatic rings. The van der Waals surface area contributed by atoms with Crippen molar-refractivity contribution >= 4 is 26.0 Å². The largest absolute Gasteiger partial charge is 0.472 e. The molecule has 0 radical (unpaired) electrons. The Morgan fingerprint density at radius 1 is 1.25 bits per heavy atom. The monoisotopic (exact) mass is 418 g/mol. The van der Waals surface area contributed by atoms with Gasteiger partial charge in [-0.15, -0.1) is 0 Å². The van der Waals surface area contributed by atoms with Crippen LogP contribution in [-0.2, 0) is 10.0 Å². The Balaban J connectivity index is 1.74. The Hall–Kier alpha value is -1.58. The highest BCUT2D eigenvalue weighted by atomic mass is 79.9. The highest BCUT2D eigenvalue weighted by Gasteiger charge is 2.34. The predicted octanol–water partition coefficient (Wildman–Crippen LogP) is 2.96. The Kier molecular flexibility index (Phi) is 4.84. The van der Waals surface area contributed by atoms with Crippen molar-refractivity contribution in [3.05, 3.63) is 52.6 Å². The van der Waals surface area contributed by atoms with Crippen molar-refractivity contribution in [3.8, 4) is 5.88 Å². The molecule has 1 aliphatic heterocycles. The second-order valence-corrected chi connectivity index (χ2v) is 8.05. The molecule has 128 valence electrons. The third kappa shape index (κ3) is 3.42. The van der Waals surface area contributed by atoms with Crippen molar-refractivity contribution in [1.29, 1.82) is 0 Å². The molecule has 5 nitrogen and oxygen atoms in total. The summed E-state index contributed by atoms with van der Waals surface area (Å²) in [5.41, 5.74) is 0. The van der Waals surface area contributed by atoms with Gasteiger partial charge in [0.25, 0.3) is 0 Å². The van der Waals surface area contributed by atoms with Gasteiger partial charge in [0.05, 0.1) is 15.9 Å². The maximum Gasteiger partial charge on any atom is 0.243 e. The van der Waals surface area contributed by atoms with Gasteiger partial charge in [-0.2, -0.15) is 4.31 Å². The Bertz CT molecular complexity index is 864. The van der Waals surface area contributed by atoms with Crippen LogP contribution < -0.4 is 4.74 Å². The predicted molar refractivity (Wildman–Crippen MR) is 86.1 cm³/mol. The van der Waals surface area contributed by atoms with Crippen molar-refractivity contribution in [2.24, 2.45) is 0 Å². The molecular weight excluding hydrogens is 406 g/mol. The Labute approximate surface area is 146 Å². The zero-order valence-electron chi connectivity index (χ0n) is 12.3. The molecule has 1 aromatic carbocycles. The van der Waals surface area contributed by atoms with Gasteiger partial charge in [-0.05, 0) is 52.7 Å². The van der Waals surface area contributed by atoms with Crippen molar-refractivity contribution < 1.29 is 21.9 Å². The van der Waals surface area contributed by atoms with Gasteiger partial charge < -0.3 is 4.74 Å². The zero-order chi connectivity index (χ0) is 17.3. The lowest BCUT2D eigenvalue weighted by Gasteiger charge is -2.17. The van der Waals surface area contributed by atoms with E-state index in [4.69, 9.17) is 4.74 Å². The number of sulfonamides is 1. The average Bonchev–Trinajstić information content (AvgIpc) is 3.01. The molecule has 1 fully saturated rings. The third-order valence-corrected chi connectivity index (χ3v) is 6.10. The van der Waals surface area contributed by atoms with Crippen molar-refractivity contribution in [2.75, 3.05) is 13.1 Å². The van der Waals surface area contributed by atoms with Crippen LogP contribution >= 0.6 is 15.9 Å². The first-order chi connectivity index (χ1) is 11.4. The first-order valence-electron chi connectivity index (χ1n) is 7.10. The van der Waals surface area contributed by atoms with Crippen LogP contribution in [0.1, 0.15) is 6.42 Å². The third-order valence-electron chi connectivity index (χ3n) is 3.64. The summed E-state index contributed by atoms with van der Waals surface area (Å²) in [7, 11) is -3.90. The first kappa shape index (κ1) is 17.2. The van der Waals surface area contributed by atoms with E-state index in [9.17, 15) is 17.2 Å². The summed E-state index contributed by atoms with van der Waals surface area (Å²) in [5.74, 6) is -1.90. The number of hydrogen-bond acceptors (Lipinski definition) is 4. The highest BCUT2D eigenvalue weighted by Crippen LogP contribution is 2.27. The number of nitrogens with zero attached hydrogens (tertiary/aromatic N) is 2. The minimum Gasteiger partial charge on any atom is -0.472 e. The van der Waals surface area contributed by atoms with Gasteiger partial charge in [0.15, 0.2) is 11.6 Å². The SMILES string of the molecule is O=S(=O)(c1ccc(F)c(F)c1)N1CCC(Oc2ncccc2Br)C1. The summed E-state index contributed by atoms with van der Waals surface area (Å²) in [4.78, 5) is 3.80. The van der Waals surface area contributed by atoms with E-state index in [0.29, 0.717) is 22.8 Å². The molecule has 0 aliphatic carbocycles. The lowest BCUT2D eigenvalue weighted by molar-refractivity contribution is 0.205. The smallest absolute Gasteiger partial charge is 0.243 e. The van der Waals surface area contributed by atoms with Crippen LogP contribution in [-0.4, -0.2) is 36.9 Å². The van der Waals surface area contributed by atoms with Gasteiger partial charge in [0, 0.05) is 12.7 Å². The number of ether oxygens (including phenoxy) is 1. The van der Waals surface area contributed by atoms with Gasteiger partial charge in [-0.25, -0.2) is 22.2 Å². The number of halogens is 3. The fourth-order valence-corrected chi connectivity index (χ4v) is 4.26. The van der Waals surface area contributed by atoms with E-state index in [1.807, 2.05) is 0 Å². The topological polar surface area (TPSA) is 59.5 Å². The second kappa shape index (κ2) is 6.73. The van der Waals surface area contributed by atoms with Crippen LogP contribution in [0.4, 0.5) is 8.78 Å². The Morgan fingerprint density at radius 3 is 2.75 bits per heavy atom. The number of aromatic nitrogens is 1. The number of rotatable bonds is 4. The molecule has 1 atom stereocenters. The van der Waals surface area contributed by atoms with Gasteiger partial charge in [0.1, 0.15) is 6.10 Å². The van der Waals surface area contributed by atoms with Crippen molar-refractivity contribution in [1.82, 2.24) is 9.29 Å². The fraction of sp³-hybridized carbons (Fsp3) is 0.267. The molecule has 2 aromatic rings. The summed E-state index contributed by atoms with van der Waals surface area (Å²) in [6, 6.07) is 6.06. The van der Waals surface area contributed by atoms with E-state index in [1.165, 1.54) is 4.31 Å². The molecule has 1 saturated heterocycles. The van der Waals surface area contributed by atoms with Crippen LogP contribution in [0.3, 0.4) is 0 Å². The molecule has 0 saturated carbocycles. The van der Waals surface area contributed by atoms with Gasteiger partial charge in [0.2, 0.25) is 15.9 Å². The highest BCUT2D eigenvalue weighted by molar-refractivity contribution is 9.10. The maximum absolute atomic E-state index is 13.3. The van der Waals surface area contributed by atoms with E-state index in [2.05, 4.69) is 20.9 Å². The maximum atomic E-state index is 13.3. The summed E-state index contributed by atoms with van der Waals surface area (Å²) in [5, 5.41) is 0. The molecule has 0 N–H and O–H groups in total. The van der Waals surface area contributed by atoms with Crippen LogP contribution in [0, 0.1) is 11.6 Å². The van der Waals surface area contributed by atoms with Crippen molar-refractivity contribution in [2.45, 2.75) is 17.4 Å². The van der Waals surface area contributed by atoms with Crippen LogP contribution in [0.5, 0.6) is 5.88 Å². The van der Waals surface area contributed by atoms with Crippen LogP contribution in [0.25, 0.3) is 0 Å². The standard InChI is InChI=1S/C15H13BrF2N2O3S/c16-12-2-1-6-19-15(12)23-10-5-7-20(9-10)24(21,22)11-3-4-13(17)14(18)8-11/h1-4,6,8,10H,5,7,9H2. The molecule has 0 bridgehead atoms. The molecular formula is C15H13BrF2N2O3S. The zero-order valence-corrected chi connectivity index (χ0v) is 14.7. The average molecular weight is 419 g/mol. The minimum absolute atomic E-state index is 0.115. The lowest BCUT2D eigenvalue weighted by atomic mass is 10.3.